The third-order valence-electron chi connectivity index (χ3n) is 2.40. The minimum atomic E-state index is 0.543. The second-order valence-corrected chi connectivity index (χ2v) is 5.13. The predicted molar refractivity (Wildman–Crippen MR) is 62.6 cm³/mol. The number of anilines is 2. The summed E-state index contributed by atoms with van der Waals surface area (Å²) in [6.45, 7) is 2.26. The number of hydrogen-bond acceptors (Lipinski definition) is 4. The second kappa shape index (κ2) is 4.09. The molecule has 3 nitrogen and oxygen atoms in total. The summed E-state index contributed by atoms with van der Waals surface area (Å²) in [5.74, 6) is 1.76. The number of hydrogen-bond donors (Lipinski definition) is 2. The Hall–Kier alpha value is -0.900. The summed E-state index contributed by atoms with van der Waals surface area (Å²) in [7, 11) is 0. The van der Waals surface area contributed by atoms with E-state index < -0.39 is 0 Å². The lowest BCUT2D eigenvalue weighted by atomic mass is 10.2. The first-order valence-electron chi connectivity index (χ1n) is 4.84. The highest BCUT2D eigenvalue weighted by Crippen LogP contribution is 2.29. The van der Waals surface area contributed by atoms with Gasteiger partial charge < -0.3 is 11.1 Å². The Morgan fingerprint density at radius 2 is 2.50 bits per heavy atom. The van der Waals surface area contributed by atoms with Gasteiger partial charge in [-0.2, -0.15) is 11.8 Å². The molecule has 0 bridgehead atoms. The molecule has 2 unspecified atom stereocenters. The third kappa shape index (κ3) is 2.12. The lowest BCUT2D eigenvalue weighted by Gasteiger charge is -2.14. The van der Waals surface area contributed by atoms with E-state index in [4.69, 9.17) is 5.73 Å². The van der Waals surface area contributed by atoms with Crippen LogP contribution in [0.15, 0.2) is 18.3 Å². The molecule has 1 aliphatic heterocycles. The summed E-state index contributed by atoms with van der Waals surface area (Å²) in [5.41, 5.74) is 6.72. The van der Waals surface area contributed by atoms with Gasteiger partial charge >= 0.3 is 0 Å². The molecule has 1 fully saturated rings. The van der Waals surface area contributed by atoms with Crippen LogP contribution in [0.2, 0.25) is 0 Å². The Balaban J connectivity index is 2.01. The smallest absolute Gasteiger partial charge is 0.146 e. The van der Waals surface area contributed by atoms with Gasteiger partial charge in [0.1, 0.15) is 5.82 Å². The van der Waals surface area contributed by atoms with Gasteiger partial charge in [0.05, 0.1) is 5.69 Å². The molecule has 76 valence electrons. The monoisotopic (exact) mass is 209 g/mol. The Bertz CT molecular complexity index is 316. The van der Waals surface area contributed by atoms with Crippen LogP contribution >= 0.6 is 11.8 Å². The van der Waals surface area contributed by atoms with Crippen molar-refractivity contribution in [2.24, 2.45) is 0 Å². The first-order chi connectivity index (χ1) is 6.75. The van der Waals surface area contributed by atoms with Gasteiger partial charge in [-0.1, -0.05) is 6.92 Å². The van der Waals surface area contributed by atoms with Gasteiger partial charge in [-0.15, -0.1) is 0 Å². The summed E-state index contributed by atoms with van der Waals surface area (Å²) >= 11 is 2.01. The van der Waals surface area contributed by atoms with Crippen molar-refractivity contribution in [3.63, 3.8) is 0 Å². The fourth-order valence-corrected chi connectivity index (χ4v) is 2.83. The summed E-state index contributed by atoms with van der Waals surface area (Å²) < 4.78 is 0. The Labute approximate surface area is 88.5 Å². The zero-order chi connectivity index (χ0) is 9.97. The first-order valence-corrected chi connectivity index (χ1v) is 5.89. The molecule has 0 aromatic carbocycles. The fourth-order valence-electron chi connectivity index (χ4n) is 1.68. The summed E-state index contributed by atoms with van der Waals surface area (Å²) in [6.07, 6.45) is 2.92. The van der Waals surface area contributed by atoms with Crippen molar-refractivity contribution in [3.05, 3.63) is 18.3 Å². The van der Waals surface area contributed by atoms with Crippen LogP contribution in [0, 0.1) is 0 Å². The number of nitrogen functional groups attached to an aromatic ring is 1. The maximum atomic E-state index is 5.75. The minimum Gasteiger partial charge on any atom is -0.382 e. The standard InChI is InChI=1S/C10H15N3S/c1-7-5-8(6-14-7)13-9-3-2-4-12-10(9)11/h2-4,7-8,13H,5-6H2,1H3,(H2,11,12). The molecule has 14 heavy (non-hydrogen) atoms. The van der Waals surface area contributed by atoms with Gasteiger partial charge in [-0.3, -0.25) is 0 Å². The molecule has 0 amide bonds. The zero-order valence-corrected chi connectivity index (χ0v) is 9.05. The lowest BCUT2D eigenvalue weighted by molar-refractivity contribution is 0.747. The number of nitrogens with one attached hydrogen (secondary N) is 1. The first kappa shape index (κ1) is 9.65. The third-order valence-corrected chi connectivity index (χ3v) is 3.75. The normalized spacial score (nSPS) is 26.4. The fraction of sp³-hybridized carbons (Fsp3) is 0.500. The average molecular weight is 209 g/mol. The van der Waals surface area contributed by atoms with E-state index in [0.29, 0.717) is 11.9 Å². The van der Waals surface area contributed by atoms with Crippen molar-refractivity contribution in [3.8, 4) is 0 Å². The predicted octanol–water partition coefficient (Wildman–Crippen LogP) is 1.97. The molecule has 3 N–H and O–H groups in total. The van der Waals surface area contributed by atoms with Crippen molar-refractivity contribution in [2.75, 3.05) is 16.8 Å². The molecule has 0 aliphatic carbocycles. The van der Waals surface area contributed by atoms with Crippen molar-refractivity contribution in [2.45, 2.75) is 24.6 Å². The van der Waals surface area contributed by atoms with Crippen LogP contribution in [-0.2, 0) is 0 Å². The number of thioether (sulfide) groups is 1. The molecule has 2 atom stereocenters. The molecule has 1 aromatic rings. The average Bonchev–Trinajstić information content (AvgIpc) is 2.56. The summed E-state index contributed by atoms with van der Waals surface area (Å²) in [5, 5.41) is 4.19. The minimum absolute atomic E-state index is 0.543. The van der Waals surface area contributed by atoms with E-state index in [1.54, 1.807) is 6.20 Å². The second-order valence-electron chi connectivity index (χ2n) is 3.66. The zero-order valence-electron chi connectivity index (χ0n) is 8.23. The van der Waals surface area contributed by atoms with Crippen molar-refractivity contribution in [1.29, 1.82) is 0 Å². The van der Waals surface area contributed by atoms with E-state index in [1.807, 2.05) is 23.9 Å². The SMILES string of the molecule is CC1CC(Nc2cccnc2N)CS1. The van der Waals surface area contributed by atoms with Gasteiger partial charge in [0, 0.05) is 23.2 Å². The Morgan fingerprint density at radius 3 is 3.14 bits per heavy atom. The molecule has 0 radical (unpaired) electrons. The number of rotatable bonds is 2. The van der Waals surface area contributed by atoms with E-state index in [2.05, 4.69) is 17.2 Å². The molecular formula is C10H15N3S. The van der Waals surface area contributed by atoms with Crippen molar-refractivity contribution < 1.29 is 0 Å². The van der Waals surface area contributed by atoms with E-state index in [-0.39, 0.29) is 0 Å². The van der Waals surface area contributed by atoms with Crippen LogP contribution < -0.4 is 11.1 Å². The number of nitrogens with zero attached hydrogens (tertiary/aromatic N) is 1. The Morgan fingerprint density at radius 1 is 1.64 bits per heavy atom. The molecule has 0 spiro atoms. The molecule has 2 rings (SSSR count). The van der Waals surface area contributed by atoms with Crippen LogP contribution in [0.3, 0.4) is 0 Å². The van der Waals surface area contributed by atoms with Crippen LogP contribution in [0.25, 0.3) is 0 Å². The molecule has 0 saturated carbocycles. The highest BCUT2D eigenvalue weighted by atomic mass is 32.2. The number of aromatic nitrogens is 1. The largest absolute Gasteiger partial charge is 0.382 e. The maximum Gasteiger partial charge on any atom is 0.146 e. The van der Waals surface area contributed by atoms with E-state index in [9.17, 15) is 0 Å². The van der Waals surface area contributed by atoms with Crippen LogP contribution in [-0.4, -0.2) is 22.0 Å². The van der Waals surface area contributed by atoms with Crippen LogP contribution in [0.5, 0.6) is 0 Å². The maximum absolute atomic E-state index is 5.75. The molecule has 1 aromatic heterocycles. The van der Waals surface area contributed by atoms with Gasteiger partial charge in [-0.05, 0) is 18.6 Å². The van der Waals surface area contributed by atoms with Gasteiger partial charge in [0.15, 0.2) is 0 Å². The summed E-state index contributed by atoms with van der Waals surface area (Å²) in [6, 6.07) is 4.43. The van der Waals surface area contributed by atoms with Gasteiger partial charge in [-0.25, -0.2) is 4.98 Å². The van der Waals surface area contributed by atoms with Crippen molar-refractivity contribution >= 4 is 23.3 Å². The quantitative estimate of drug-likeness (QED) is 0.782. The van der Waals surface area contributed by atoms with Crippen LogP contribution in [0.4, 0.5) is 11.5 Å². The number of pyridine rings is 1. The van der Waals surface area contributed by atoms with E-state index in [0.717, 1.165) is 16.7 Å². The molecule has 1 aliphatic rings. The Kier molecular flexibility index (Phi) is 2.82. The number of nitrogens with two attached hydrogens (primary N) is 1. The van der Waals surface area contributed by atoms with E-state index in [1.165, 1.54) is 6.42 Å². The molecular weight excluding hydrogens is 194 g/mol. The van der Waals surface area contributed by atoms with Crippen LogP contribution in [0.1, 0.15) is 13.3 Å². The van der Waals surface area contributed by atoms with Gasteiger partial charge in [0.2, 0.25) is 0 Å². The highest BCUT2D eigenvalue weighted by Gasteiger charge is 2.21. The molecule has 2 heterocycles. The topological polar surface area (TPSA) is 50.9 Å². The van der Waals surface area contributed by atoms with Gasteiger partial charge in [0.25, 0.3) is 0 Å². The summed E-state index contributed by atoms with van der Waals surface area (Å²) in [4.78, 5) is 4.05. The molecule has 4 heteroatoms. The highest BCUT2D eigenvalue weighted by molar-refractivity contribution is 8.00. The molecule has 1 saturated heterocycles. The van der Waals surface area contributed by atoms with Crippen molar-refractivity contribution in [1.82, 2.24) is 4.98 Å². The lowest BCUT2D eigenvalue weighted by Crippen LogP contribution is -2.19. The van der Waals surface area contributed by atoms with E-state index >= 15 is 0 Å².